The van der Waals surface area contributed by atoms with E-state index in [2.05, 4.69) is 0 Å². The molecule has 1 amide bonds. The molecule has 0 radical (unpaired) electrons. The highest BCUT2D eigenvalue weighted by Crippen LogP contribution is 2.19. The van der Waals surface area contributed by atoms with Gasteiger partial charge in [-0.25, -0.2) is 8.42 Å². The molecular formula is C20H26N2O3S. The van der Waals surface area contributed by atoms with Crippen LogP contribution in [0.25, 0.3) is 0 Å². The van der Waals surface area contributed by atoms with Crippen LogP contribution in [0.1, 0.15) is 25.0 Å². The van der Waals surface area contributed by atoms with Crippen molar-refractivity contribution in [2.75, 3.05) is 19.6 Å². The Hall–Kier alpha value is -2.18. The Kier molecular flexibility index (Phi) is 6.94. The summed E-state index contributed by atoms with van der Waals surface area (Å²) in [5.41, 5.74) is 1.83. The molecule has 2 aromatic carbocycles. The second-order valence-corrected chi connectivity index (χ2v) is 8.08. The molecule has 0 saturated carbocycles. The summed E-state index contributed by atoms with van der Waals surface area (Å²) in [5, 5.41) is 0. The zero-order chi connectivity index (χ0) is 19.2. The summed E-state index contributed by atoms with van der Waals surface area (Å²) in [6, 6.07) is 16.0. The van der Waals surface area contributed by atoms with Gasteiger partial charge in [-0.2, -0.15) is 4.31 Å². The molecule has 0 N–H and O–H groups in total. The second-order valence-electron chi connectivity index (χ2n) is 6.14. The fourth-order valence-electron chi connectivity index (χ4n) is 2.70. The number of carbonyl (C=O) groups is 1. The van der Waals surface area contributed by atoms with E-state index in [0.29, 0.717) is 13.1 Å². The van der Waals surface area contributed by atoms with E-state index < -0.39 is 10.0 Å². The van der Waals surface area contributed by atoms with E-state index in [1.807, 2.05) is 51.1 Å². The van der Waals surface area contributed by atoms with Crippen LogP contribution in [0.15, 0.2) is 59.5 Å². The summed E-state index contributed by atoms with van der Waals surface area (Å²) in [6.07, 6.45) is 0. The molecular weight excluding hydrogens is 348 g/mol. The lowest BCUT2D eigenvalue weighted by atomic mass is 10.2. The van der Waals surface area contributed by atoms with Gasteiger partial charge in [0.2, 0.25) is 15.9 Å². The number of benzene rings is 2. The monoisotopic (exact) mass is 374 g/mol. The number of likely N-dealkylation sites (N-methyl/N-ethyl adjacent to an activating group) is 1. The van der Waals surface area contributed by atoms with Gasteiger partial charge in [0, 0.05) is 19.6 Å². The molecule has 140 valence electrons. The van der Waals surface area contributed by atoms with E-state index in [0.717, 1.165) is 11.1 Å². The Morgan fingerprint density at radius 3 is 2.04 bits per heavy atom. The highest BCUT2D eigenvalue weighted by atomic mass is 32.2. The van der Waals surface area contributed by atoms with Crippen molar-refractivity contribution in [1.82, 2.24) is 9.21 Å². The van der Waals surface area contributed by atoms with Gasteiger partial charge in [-0.05, 0) is 38.5 Å². The van der Waals surface area contributed by atoms with Crippen LogP contribution in [0, 0.1) is 6.92 Å². The minimum atomic E-state index is -3.78. The lowest BCUT2D eigenvalue weighted by Gasteiger charge is -2.26. The summed E-state index contributed by atoms with van der Waals surface area (Å²) in [4.78, 5) is 14.4. The number of rotatable bonds is 8. The smallest absolute Gasteiger partial charge is 0.243 e. The lowest BCUT2D eigenvalue weighted by molar-refractivity contribution is -0.131. The third kappa shape index (κ3) is 4.93. The zero-order valence-electron chi connectivity index (χ0n) is 15.6. The summed E-state index contributed by atoms with van der Waals surface area (Å²) in [5.74, 6) is -0.193. The molecule has 5 nitrogen and oxygen atoms in total. The van der Waals surface area contributed by atoms with Gasteiger partial charge in [0.05, 0.1) is 11.4 Å². The molecule has 2 rings (SSSR count). The van der Waals surface area contributed by atoms with Crippen LogP contribution in [0.3, 0.4) is 0 Å². The molecule has 0 aliphatic carbocycles. The van der Waals surface area contributed by atoms with E-state index in [1.165, 1.54) is 4.31 Å². The third-order valence-corrected chi connectivity index (χ3v) is 6.09. The molecule has 0 heterocycles. The zero-order valence-corrected chi connectivity index (χ0v) is 16.4. The van der Waals surface area contributed by atoms with Crippen LogP contribution >= 0.6 is 0 Å². The molecule has 2 aromatic rings. The van der Waals surface area contributed by atoms with Crippen LogP contribution in [0.4, 0.5) is 0 Å². The molecule has 0 fully saturated rings. The molecule has 0 bridgehead atoms. The van der Waals surface area contributed by atoms with Gasteiger partial charge in [0.15, 0.2) is 0 Å². The van der Waals surface area contributed by atoms with Crippen molar-refractivity contribution in [2.24, 2.45) is 0 Å². The average molecular weight is 375 g/mol. The van der Waals surface area contributed by atoms with Gasteiger partial charge in [-0.1, -0.05) is 48.0 Å². The van der Waals surface area contributed by atoms with Crippen LogP contribution in [-0.4, -0.2) is 43.2 Å². The maximum atomic E-state index is 13.1. The van der Waals surface area contributed by atoms with Crippen LogP contribution in [-0.2, 0) is 21.4 Å². The van der Waals surface area contributed by atoms with Gasteiger partial charge in [0.1, 0.15) is 0 Å². The van der Waals surface area contributed by atoms with Crippen molar-refractivity contribution in [3.05, 3.63) is 65.7 Å². The lowest BCUT2D eigenvalue weighted by Crippen LogP contribution is -2.42. The Morgan fingerprint density at radius 1 is 0.923 bits per heavy atom. The summed E-state index contributed by atoms with van der Waals surface area (Å²) < 4.78 is 27.5. The summed E-state index contributed by atoms with van der Waals surface area (Å²) in [6.45, 7) is 6.77. The number of aryl methyl sites for hydroxylation is 1. The van der Waals surface area contributed by atoms with Crippen LogP contribution < -0.4 is 0 Å². The quantitative estimate of drug-likeness (QED) is 0.714. The van der Waals surface area contributed by atoms with Crippen molar-refractivity contribution in [2.45, 2.75) is 32.2 Å². The van der Waals surface area contributed by atoms with E-state index in [-0.39, 0.29) is 23.9 Å². The number of nitrogens with zero attached hydrogens (tertiary/aromatic N) is 2. The fraction of sp³-hybridized carbons (Fsp3) is 0.350. The summed E-state index contributed by atoms with van der Waals surface area (Å²) in [7, 11) is -3.78. The first-order chi connectivity index (χ1) is 12.4. The third-order valence-electron chi connectivity index (χ3n) is 4.29. The predicted octanol–water partition coefficient (Wildman–Crippen LogP) is 3.05. The molecule has 0 aromatic heterocycles. The Balaban J connectivity index is 2.35. The van der Waals surface area contributed by atoms with Gasteiger partial charge in [0.25, 0.3) is 0 Å². The number of hydrogen-bond acceptors (Lipinski definition) is 3. The highest BCUT2D eigenvalue weighted by Gasteiger charge is 2.28. The van der Waals surface area contributed by atoms with Crippen molar-refractivity contribution in [3.63, 3.8) is 0 Å². The number of sulfonamides is 1. The highest BCUT2D eigenvalue weighted by molar-refractivity contribution is 7.89. The molecule has 6 heteroatoms. The van der Waals surface area contributed by atoms with E-state index in [1.54, 1.807) is 29.2 Å². The normalized spacial score (nSPS) is 11.5. The molecule has 0 aliphatic heterocycles. The number of carbonyl (C=O) groups excluding carboxylic acids is 1. The van der Waals surface area contributed by atoms with Crippen molar-refractivity contribution in [1.29, 1.82) is 0 Å². The molecule has 0 atom stereocenters. The van der Waals surface area contributed by atoms with Crippen molar-refractivity contribution >= 4 is 15.9 Å². The van der Waals surface area contributed by atoms with E-state index >= 15 is 0 Å². The molecule has 0 spiro atoms. The maximum Gasteiger partial charge on any atom is 0.243 e. The number of amides is 1. The van der Waals surface area contributed by atoms with Gasteiger partial charge < -0.3 is 4.90 Å². The molecule has 26 heavy (non-hydrogen) atoms. The Morgan fingerprint density at radius 2 is 1.50 bits per heavy atom. The Bertz CT molecular complexity index is 814. The van der Waals surface area contributed by atoms with Crippen LogP contribution in [0.5, 0.6) is 0 Å². The second kappa shape index (κ2) is 8.96. The number of hydrogen-bond donors (Lipinski definition) is 0. The van der Waals surface area contributed by atoms with Crippen LogP contribution in [0.2, 0.25) is 0 Å². The van der Waals surface area contributed by atoms with E-state index in [9.17, 15) is 13.2 Å². The summed E-state index contributed by atoms with van der Waals surface area (Å²) >= 11 is 0. The SMILES string of the molecule is CCN(CC)C(=O)CN(Cc1ccccc1)S(=O)(=O)c1ccc(C)cc1. The fourth-order valence-corrected chi connectivity index (χ4v) is 4.08. The Labute approximate surface area is 156 Å². The molecule has 0 saturated heterocycles. The standard InChI is InChI=1S/C20H26N2O3S/c1-4-21(5-2)20(23)16-22(15-18-9-7-6-8-10-18)26(24,25)19-13-11-17(3)12-14-19/h6-14H,4-5,15-16H2,1-3H3. The van der Waals surface area contributed by atoms with Gasteiger partial charge in [-0.15, -0.1) is 0 Å². The van der Waals surface area contributed by atoms with E-state index in [4.69, 9.17) is 0 Å². The molecule has 0 aliphatic rings. The first-order valence-electron chi connectivity index (χ1n) is 8.77. The maximum absolute atomic E-state index is 13.1. The first-order valence-corrected chi connectivity index (χ1v) is 10.2. The van der Waals surface area contributed by atoms with Crippen molar-refractivity contribution < 1.29 is 13.2 Å². The van der Waals surface area contributed by atoms with Gasteiger partial charge >= 0.3 is 0 Å². The minimum Gasteiger partial charge on any atom is -0.342 e. The average Bonchev–Trinajstić information content (AvgIpc) is 2.63. The predicted molar refractivity (Wildman–Crippen MR) is 103 cm³/mol. The topological polar surface area (TPSA) is 57.7 Å². The largest absolute Gasteiger partial charge is 0.342 e. The molecule has 0 unspecified atom stereocenters. The first kappa shape index (κ1) is 20.1. The minimum absolute atomic E-state index is 0.157. The van der Waals surface area contributed by atoms with Crippen molar-refractivity contribution in [3.8, 4) is 0 Å². The van der Waals surface area contributed by atoms with Gasteiger partial charge in [-0.3, -0.25) is 4.79 Å².